The molecule has 1 heterocycles. The van der Waals surface area contributed by atoms with Crippen molar-refractivity contribution in [3.63, 3.8) is 0 Å². The van der Waals surface area contributed by atoms with Crippen LogP contribution in [-0.2, 0) is 6.42 Å². The third-order valence-electron chi connectivity index (χ3n) is 2.57. The fraction of sp³-hybridized carbons (Fsp3) is 0.500. The second kappa shape index (κ2) is 5.49. The number of aromatic amines is 1. The second-order valence-electron chi connectivity index (χ2n) is 3.67. The van der Waals surface area contributed by atoms with Gasteiger partial charge in [0.1, 0.15) is 5.69 Å². The number of nitrogens with zero attached hydrogens (tertiary/aromatic N) is 1. The zero-order valence-electron chi connectivity index (χ0n) is 9.72. The van der Waals surface area contributed by atoms with Crippen molar-refractivity contribution in [2.24, 2.45) is 0 Å². The summed E-state index contributed by atoms with van der Waals surface area (Å²) in [5, 5.41) is 7.93. The normalized spacial score (nSPS) is 11.8. The van der Waals surface area contributed by atoms with E-state index in [4.69, 9.17) is 5.41 Å². The Labute approximate surface area is 91.1 Å². The molecule has 15 heavy (non-hydrogen) atoms. The smallest absolute Gasteiger partial charge is 0.105 e. The van der Waals surface area contributed by atoms with Gasteiger partial charge in [0.2, 0.25) is 0 Å². The van der Waals surface area contributed by atoms with E-state index >= 15 is 0 Å². The van der Waals surface area contributed by atoms with Crippen LogP contribution in [-0.4, -0.2) is 15.7 Å². The van der Waals surface area contributed by atoms with Gasteiger partial charge >= 0.3 is 0 Å². The molecule has 0 fully saturated rings. The number of aryl methyl sites for hydroxylation is 1. The second-order valence-corrected chi connectivity index (χ2v) is 3.67. The molecule has 0 aliphatic heterocycles. The Morgan fingerprint density at radius 3 is 2.87 bits per heavy atom. The van der Waals surface area contributed by atoms with Gasteiger partial charge in [-0.2, -0.15) is 0 Å². The summed E-state index contributed by atoms with van der Waals surface area (Å²) in [6.45, 7) is 6.29. The SMILES string of the molecule is CC/C(C)=C/CC(=N)c1nc[nH]c1CC. The Hall–Kier alpha value is -1.38. The van der Waals surface area contributed by atoms with Crippen molar-refractivity contribution >= 4 is 5.71 Å². The minimum absolute atomic E-state index is 0.598. The molecule has 0 atom stereocenters. The van der Waals surface area contributed by atoms with E-state index in [2.05, 4.69) is 36.8 Å². The Morgan fingerprint density at radius 2 is 2.27 bits per heavy atom. The third kappa shape index (κ3) is 3.05. The lowest BCUT2D eigenvalue weighted by Gasteiger charge is -2.01. The number of aromatic nitrogens is 2. The summed E-state index contributed by atoms with van der Waals surface area (Å²) >= 11 is 0. The molecule has 0 saturated heterocycles. The van der Waals surface area contributed by atoms with Crippen LogP contribution in [0, 0.1) is 5.41 Å². The lowest BCUT2D eigenvalue weighted by molar-refractivity contribution is 1.05. The first-order valence-corrected chi connectivity index (χ1v) is 5.44. The van der Waals surface area contributed by atoms with E-state index in [0.717, 1.165) is 24.2 Å². The maximum atomic E-state index is 7.93. The first-order chi connectivity index (χ1) is 7.19. The molecule has 0 aliphatic rings. The molecule has 0 aliphatic carbocycles. The van der Waals surface area contributed by atoms with Gasteiger partial charge in [0, 0.05) is 12.1 Å². The van der Waals surface area contributed by atoms with Crippen LogP contribution in [0.15, 0.2) is 18.0 Å². The molecule has 1 rings (SSSR count). The van der Waals surface area contributed by atoms with Crippen LogP contribution < -0.4 is 0 Å². The van der Waals surface area contributed by atoms with Gasteiger partial charge < -0.3 is 10.4 Å². The number of H-pyrrole nitrogens is 1. The summed E-state index contributed by atoms with van der Waals surface area (Å²) in [7, 11) is 0. The summed E-state index contributed by atoms with van der Waals surface area (Å²) < 4.78 is 0. The minimum Gasteiger partial charge on any atom is -0.348 e. The molecular weight excluding hydrogens is 186 g/mol. The van der Waals surface area contributed by atoms with Crippen molar-refractivity contribution in [2.75, 3.05) is 0 Å². The number of allylic oxidation sites excluding steroid dienone is 2. The highest BCUT2D eigenvalue weighted by Gasteiger charge is 2.07. The number of imidazole rings is 1. The van der Waals surface area contributed by atoms with E-state index in [1.54, 1.807) is 6.33 Å². The first-order valence-electron chi connectivity index (χ1n) is 5.44. The summed E-state index contributed by atoms with van der Waals surface area (Å²) in [6, 6.07) is 0. The van der Waals surface area contributed by atoms with Crippen molar-refractivity contribution in [3.05, 3.63) is 29.4 Å². The highest BCUT2D eigenvalue weighted by atomic mass is 14.9. The van der Waals surface area contributed by atoms with Crippen LogP contribution in [0.1, 0.15) is 45.0 Å². The van der Waals surface area contributed by atoms with Gasteiger partial charge in [0.25, 0.3) is 0 Å². The predicted octanol–water partition coefficient (Wildman–Crippen LogP) is 3.09. The monoisotopic (exact) mass is 205 g/mol. The van der Waals surface area contributed by atoms with E-state index in [1.165, 1.54) is 5.57 Å². The van der Waals surface area contributed by atoms with Gasteiger partial charge in [0.15, 0.2) is 0 Å². The lowest BCUT2D eigenvalue weighted by Crippen LogP contribution is -2.02. The Bertz CT molecular complexity index is 361. The van der Waals surface area contributed by atoms with Crippen LogP contribution >= 0.6 is 0 Å². The molecule has 0 spiro atoms. The van der Waals surface area contributed by atoms with Gasteiger partial charge in [-0.05, 0) is 19.8 Å². The standard InChI is InChI=1S/C12H19N3/c1-4-9(3)6-7-10(13)12-11(5-2)14-8-15-12/h6,8,13H,4-5,7H2,1-3H3,(H,14,15)/b9-6+,13-10?. The van der Waals surface area contributed by atoms with E-state index in [9.17, 15) is 0 Å². The summed E-state index contributed by atoms with van der Waals surface area (Å²) in [5.41, 5.74) is 3.80. The van der Waals surface area contributed by atoms with Gasteiger partial charge in [0.05, 0.1) is 12.0 Å². The Morgan fingerprint density at radius 1 is 1.53 bits per heavy atom. The molecule has 1 aromatic rings. The zero-order valence-corrected chi connectivity index (χ0v) is 9.72. The van der Waals surface area contributed by atoms with E-state index in [-0.39, 0.29) is 0 Å². The molecule has 0 aromatic carbocycles. The maximum absolute atomic E-state index is 7.93. The summed E-state index contributed by atoms with van der Waals surface area (Å²) in [6.07, 6.45) is 6.40. The number of hydrogen-bond acceptors (Lipinski definition) is 2. The van der Waals surface area contributed by atoms with Gasteiger partial charge in [-0.25, -0.2) is 4.98 Å². The van der Waals surface area contributed by atoms with Crippen molar-refractivity contribution in [1.29, 1.82) is 5.41 Å². The molecule has 0 saturated carbocycles. The van der Waals surface area contributed by atoms with Crippen LogP contribution in [0.2, 0.25) is 0 Å². The van der Waals surface area contributed by atoms with E-state index < -0.39 is 0 Å². The van der Waals surface area contributed by atoms with Crippen LogP contribution in [0.5, 0.6) is 0 Å². The predicted molar refractivity (Wildman–Crippen MR) is 63.5 cm³/mol. The van der Waals surface area contributed by atoms with Crippen molar-refractivity contribution in [1.82, 2.24) is 9.97 Å². The number of hydrogen-bond donors (Lipinski definition) is 2. The van der Waals surface area contributed by atoms with Crippen LogP contribution in [0.25, 0.3) is 0 Å². The summed E-state index contributed by atoms with van der Waals surface area (Å²) in [5.74, 6) is 0. The highest BCUT2D eigenvalue weighted by molar-refractivity contribution is 5.98. The van der Waals surface area contributed by atoms with Gasteiger partial charge in [-0.3, -0.25) is 0 Å². The molecule has 3 nitrogen and oxygen atoms in total. The molecule has 3 heteroatoms. The minimum atomic E-state index is 0.598. The number of rotatable bonds is 5. The highest BCUT2D eigenvalue weighted by Crippen LogP contribution is 2.09. The molecule has 0 bridgehead atoms. The molecular formula is C12H19N3. The average molecular weight is 205 g/mol. The van der Waals surface area contributed by atoms with E-state index in [1.807, 2.05) is 0 Å². The van der Waals surface area contributed by atoms with Gasteiger partial charge in [-0.15, -0.1) is 0 Å². The fourth-order valence-corrected chi connectivity index (χ4v) is 1.37. The van der Waals surface area contributed by atoms with E-state index in [0.29, 0.717) is 12.1 Å². The Kier molecular flexibility index (Phi) is 4.28. The van der Waals surface area contributed by atoms with Gasteiger partial charge in [-0.1, -0.05) is 25.5 Å². The zero-order chi connectivity index (χ0) is 11.3. The molecule has 2 N–H and O–H groups in total. The van der Waals surface area contributed by atoms with Crippen LogP contribution in [0.4, 0.5) is 0 Å². The molecule has 0 amide bonds. The lowest BCUT2D eigenvalue weighted by atomic mass is 10.1. The largest absolute Gasteiger partial charge is 0.348 e. The number of nitrogens with one attached hydrogen (secondary N) is 2. The molecule has 1 aromatic heterocycles. The fourth-order valence-electron chi connectivity index (χ4n) is 1.37. The first kappa shape index (κ1) is 11.7. The van der Waals surface area contributed by atoms with Crippen LogP contribution in [0.3, 0.4) is 0 Å². The average Bonchev–Trinajstić information content (AvgIpc) is 2.73. The van der Waals surface area contributed by atoms with Crippen molar-refractivity contribution in [2.45, 2.75) is 40.0 Å². The summed E-state index contributed by atoms with van der Waals surface area (Å²) in [4.78, 5) is 7.25. The Balaban J connectivity index is 2.69. The van der Waals surface area contributed by atoms with Crippen molar-refractivity contribution < 1.29 is 0 Å². The third-order valence-corrected chi connectivity index (χ3v) is 2.57. The topological polar surface area (TPSA) is 52.5 Å². The maximum Gasteiger partial charge on any atom is 0.105 e. The molecule has 0 unspecified atom stereocenters. The quantitative estimate of drug-likeness (QED) is 0.563. The molecule has 82 valence electrons. The molecule has 0 radical (unpaired) electrons. The van der Waals surface area contributed by atoms with Crippen molar-refractivity contribution in [3.8, 4) is 0 Å².